The van der Waals surface area contributed by atoms with Crippen molar-refractivity contribution in [2.24, 2.45) is 0 Å². The third kappa shape index (κ3) is 2.66. The van der Waals surface area contributed by atoms with Crippen LogP contribution in [0, 0.1) is 0 Å². The summed E-state index contributed by atoms with van der Waals surface area (Å²) in [4.78, 5) is 17.8. The summed E-state index contributed by atoms with van der Waals surface area (Å²) in [7, 11) is 1.76. The summed E-state index contributed by atoms with van der Waals surface area (Å²) in [5.74, 6) is 0.0269. The maximum Gasteiger partial charge on any atom is 0.186 e. The lowest BCUT2D eigenvalue weighted by molar-refractivity contribution is -0.00466. The molecule has 1 fully saturated rings. The molecule has 0 amide bonds. The largest absolute Gasteiger partial charge is 0.377 e. The standard InChI is InChI=1S/C12H18N2O2S/c1-9(15)10-7-17-11(13-10)14-6-4-5-12(2,8-14)16-3/h7H,4-6,8H2,1-3H3. The quantitative estimate of drug-likeness (QED) is 0.777. The van der Waals surface area contributed by atoms with E-state index in [1.807, 2.05) is 5.38 Å². The lowest BCUT2D eigenvalue weighted by Crippen LogP contribution is -2.47. The first-order chi connectivity index (χ1) is 8.04. The molecule has 1 saturated heterocycles. The zero-order chi connectivity index (χ0) is 12.5. The van der Waals surface area contributed by atoms with E-state index in [0.29, 0.717) is 5.69 Å². The van der Waals surface area contributed by atoms with Gasteiger partial charge in [-0.05, 0) is 19.8 Å². The Labute approximate surface area is 106 Å². The van der Waals surface area contributed by atoms with Crippen LogP contribution in [0.1, 0.15) is 37.2 Å². The Morgan fingerprint density at radius 3 is 3.00 bits per heavy atom. The number of hydrogen-bond acceptors (Lipinski definition) is 5. The molecule has 0 aliphatic carbocycles. The number of carbonyl (C=O) groups excluding carboxylic acids is 1. The molecule has 5 heteroatoms. The van der Waals surface area contributed by atoms with Crippen LogP contribution in [0.3, 0.4) is 0 Å². The van der Waals surface area contributed by atoms with Crippen LogP contribution in [-0.4, -0.2) is 36.6 Å². The minimum atomic E-state index is -0.0969. The van der Waals surface area contributed by atoms with Gasteiger partial charge in [-0.15, -0.1) is 11.3 Å². The van der Waals surface area contributed by atoms with E-state index in [0.717, 1.165) is 31.1 Å². The molecule has 0 bridgehead atoms. The summed E-state index contributed by atoms with van der Waals surface area (Å²) < 4.78 is 5.55. The predicted molar refractivity (Wildman–Crippen MR) is 69.0 cm³/mol. The number of anilines is 1. The van der Waals surface area contributed by atoms with Crippen molar-refractivity contribution in [1.29, 1.82) is 0 Å². The van der Waals surface area contributed by atoms with Crippen molar-refractivity contribution in [1.82, 2.24) is 4.98 Å². The van der Waals surface area contributed by atoms with Crippen molar-refractivity contribution in [3.05, 3.63) is 11.1 Å². The Morgan fingerprint density at radius 1 is 1.65 bits per heavy atom. The predicted octanol–water partition coefficient (Wildman–Crippen LogP) is 2.35. The number of thiazole rings is 1. The zero-order valence-electron chi connectivity index (χ0n) is 10.5. The molecule has 0 aromatic carbocycles. The summed E-state index contributed by atoms with van der Waals surface area (Å²) in [5.41, 5.74) is 0.468. The van der Waals surface area contributed by atoms with Crippen molar-refractivity contribution >= 4 is 22.3 Å². The third-order valence-corrected chi connectivity index (χ3v) is 4.18. The maximum atomic E-state index is 11.2. The zero-order valence-corrected chi connectivity index (χ0v) is 11.3. The molecule has 4 nitrogen and oxygen atoms in total. The number of carbonyl (C=O) groups is 1. The maximum absolute atomic E-state index is 11.2. The van der Waals surface area contributed by atoms with E-state index in [-0.39, 0.29) is 11.4 Å². The molecule has 1 aromatic rings. The number of rotatable bonds is 3. The second kappa shape index (κ2) is 4.74. The normalized spacial score (nSPS) is 25.0. The van der Waals surface area contributed by atoms with Crippen LogP contribution in [0.2, 0.25) is 0 Å². The van der Waals surface area contributed by atoms with Crippen molar-refractivity contribution in [2.75, 3.05) is 25.1 Å². The average molecular weight is 254 g/mol. The van der Waals surface area contributed by atoms with Crippen LogP contribution in [0.4, 0.5) is 5.13 Å². The number of ether oxygens (including phenoxy) is 1. The summed E-state index contributed by atoms with van der Waals surface area (Å²) in [6.07, 6.45) is 2.17. The lowest BCUT2D eigenvalue weighted by atomic mass is 9.95. The van der Waals surface area contributed by atoms with Crippen LogP contribution in [0.15, 0.2) is 5.38 Å². The van der Waals surface area contributed by atoms with E-state index < -0.39 is 0 Å². The van der Waals surface area contributed by atoms with Gasteiger partial charge in [0.2, 0.25) is 0 Å². The second-order valence-corrected chi connectivity index (χ2v) is 5.59. The monoisotopic (exact) mass is 254 g/mol. The number of methoxy groups -OCH3 is 1. The van der Waals surface area contributed by atoms with Crippen LogP contribution in [-0.2, 0) is 4.74 Å². The van der Waals surface area contributed by atoms with Crippen molar-refractivity contribution in [3.63, 3.8) is 0 Å². The Kier molecular flexibility index (Phi) is 3.49. The van der Waals surface area contributed by atoms with Gasteiger partial charge >= 0.3 is 0 Å². The summed E-state index contributed by atoms with van der Waals surface area (Å²) in [5, 5.41) is 2.76. The minimum Gasteiger partial charge on any atom is -0.377 e. The van der Waals surface area contributed by atoms with Crippen molar-refractivity contribution in [3.8, 4) is 0 Å². The highest BCUT2D eigenvalue weighted by molar-refractivity contribution is 7.13. The van der Waals surface area contributed by atoms with E-state index in [1.54, 1.807) is 14.0 Å². The molecule has 1 unspecified atom stereocenters. The Hall–Kier alpha value is -0.940. The molecule has 0 N–H and O–H groups in total. The number of hydrogen-bond donors (Lipinski definition) is 0. The summed E-state index contributed by atoms with van der Waals surface area (Å²) >= 11 is 1.53. The lowest BCUT2D eigenvalue weighted by Gasteiger charge is -2.39. The van der Waals surface area contributed by atoms with E-state index >= 15 is 0 Å². The first-order valence-corrected chi connectivity index (χ1v) is 6.69. The fourth-order valence-electron chi connectivity index (χ4n) is 2.11. The van der Waals surface area contributed by atoms with Crippen molar-refractivity contribution in [2.45, 2.75) is 32.3 Å². The van der Waals surface area contributed by atoms with Gasteiger partial charge in [0, 0.05) is 32.5 Å². The van der Waals surface area contributed by atoms with Gasteiger partial charge in [0.25, 0.3) is 0 Å². The van der Waals surface area contributed by atoms with Gasteiger partial charge in [-0.3, -0.25) is 4.79 Å². The molecule has 1 aliphatic heterocycles. The topological polar surface area (TPSA) is 42.4 Å². The number of ketones is 1. The minimum absolute atomic E-state index is 0.0269. The molecule has 17 heavy (non-hydrogen) atoms. The second-order valence-electron chi connectivity index (χ2n) is 4.75. The molecule has 0 spiro atoms. The van der Waals surface area contributed by atoms with Crippen LogP contribution >= 0.6 is 11.3 Å². The summed E-state index contributed by atoms with van der Waals surface area (Å²) in [6, 6.07) is 0. The van der Waals surface area contributed by atoms with E-state index in [2.05, 4.69) is 16.8 Å². The Morgan fingerprint density at radius 2 is 2.41 bits per heavy atom. The van der Waals surface area contributed by atoms with Gasteiger partial charge in [-0.1, -0.05) is 0 Å². The Bertz CT molecular complexity index is 418. The van der Waals surface area contributed by atoms with Crippen LogP contribution < -0.4 is 4.90 Å². The van der Waals surface area contributed by atoms with E-state index in [9.17, 15) is 4.79 Å². The van der Waals surface area contributed by atoms with Crippen molar-refractivity contribution < 1.29 is 9.53 Å². The average Bonchev–Trinajstić information content (AvgIpc) is 2.78. The number of aromatic nitrogens is 1. The Balaban J connectivity index is 2.13. The molecule has 2 rings (SSSR count). The summed E-state index contributed by atoms with van der Waals surface area (Å²) in [6.45, 7) is 5.51. The van der Waals surface area contributed by atoms with Gasteiger partial charge in [0.05, 0.1) is 5.60 Å². The highest BCUT2D eigenvalue weighted by Crippen LogP contribution is 2.29. The smallest absolute Gasteiger partial charge is 0.186 e. The third-order valence-electron chi connectivity index (χ3n) is 3.28. The fraction of sp³-hybridized carbons (Fsp3) is 0.667. The molecule has 1 atom stereocenters. The SMILES string of the molecule is COC1(C)CCCN(c2nc(C(C)=O)cs2)C1. The molecular weight excluding hydrogens is 236 g/mol. The van der Waals surface area contributed by atoms with Gasteiger partial charge in [0.1, 0.15) is 5.69 Å². The number of Topliss-reactive ketones (excluding diaryl/α,β-unsaturated/α-hetero) is 1. The highest BCUT2D eigenvalue weighted by Gasteiger charge is 2.31. The molecule has 1 aliphatic rings. The van der Waals surface area contributed by atoms with Crippen LogP contribution in [0.25, 0.3) is 0 Å². The van der Waals surface area contributed by atoms with Gasteiger partial charge in [-0.2, -0.15) is 0 Å². The molecule has 2 heterocycles. The van der Waals surface area contributed by atoms with E-state index in [4.69, 9.17) is 4.74 Å². The first kappa shape index (κ1) is 12.5. The van der Waals surface area contributed by atoms with E-state index in [1.165, 1.54) is 11.3 Å². The van der Waals surface area contributed by atoms with Gasteiger partial charge < -0.3 is 9.64 Å². The molecule has 1 aromatic heterocycles. The van der Waals surface area contributed by atoms with Gasteiger partial charge in [-0.25, -0.2) is 4.98 Å². The molecule has 0 radical (unpaired) electrons. The fourth-order valence-corrected chi connectivity index (χ4v) is 3.00. The molecular formula is C12H18N2O2S. The van der Waals surface area contributed by atoms with Crippen LogP contribution in [0.5, 0.6) is 0 Å². The number of piperidine rings is 1. The molecule has 0 saturated carbocycles. The first-order valence-electron chi connectivity index (χ1n) is 5.81. The highest BCUT2D eigenvalue weighted by atomic mass is 32.1. The number of nitrogens with zero attached hydrogens (tertiary/aromatic N) is 2. The molecule has 94 valence electrons. The van der Waals surface area contributed by atoms with Gasteiger partial charge in [0.15, 0.2) is 10.9 Å².